The van der Waals surface area contributed by atoms with Crippen LogP contribution in [0.5, 0.6) is 0 Å². The maximum absolute atomic E-state index is 10.6. The lowest BCUT2D eigenvalue weighted by Crippen LogP contribution is -2.16. The van der Waals surface area contributed by atoms with Crippen LogP contribution in [-0.2, 0) is 4.84 Å². The molecule has 0 aliphatic rings. The number of hydrogen-bond donors (Lipinski definition) is 1. The summed E-state index contributed by atoms with van der Waals surface area (Å²) in [5, 5.41) is 15.9. The Kier molecular flexibility index (Phi) is 3.96. The number of nitrogens with one attached hydrogen (secondary N) is 1. The number of non-ortho nitro benzene ring substituents is 1. The summed E-state index contributed by atoms with van der Waals surface area (Å²) < 4.78 is 0. The quantitative estimate of drug-likeness (QED) is 0.361. The van der Waals surface area contributed by atoms with Gasteiger partial charge >= 0.3 is 6.09 Å². The van der Waals surface area contributed by atoms with Gasteiger partial charge in [-0.15, -0.1) is 0 Å². The van der Waals surface area contributed by atoms with Gasteiger partial charge in [0.25, 0.3) is 5.69 Å². The first kappa shape index (κ1) is 11.6. The van der Waals surface area contributed by atoms with E-state index in [9.17, 15) is 14.9 Å². The molecule has 0 aliphatic carbocycles. The smallest absolute Gasteiger partial charge is 0.323 e. The molecule has 7 nitrogen and oxygen atoms in total. The Morgan fingerprint density at radius 1 is 1.50 bits per heavy atom. The lowest BCUT2D eigenvalue weighted by Gasteiger charge is -1.94. The molecule has 1 aromatic rings. The molecule has 0 atom stereocenters. The molecule has 0 fully saturated rings. The summed E-state index contributed by atoms with van der Waals surface area (Å²) in [7, 11) is 1.41. The van der Waals surface area contributed by atoms with Crippen LogP contribution in [0.1, 0.15) is 5.56 Å². The van der Waals surface area contributed by atoms with E-state index in [1.165, 1.54) is 37.5 Å². The Hall–Kier alpha value is -2.44. The van der Waals surface area contributed by atoms with Gasteiger partial charge in [0.05, 0.1) is 11.1 Å². The van der Waals surface area contributed by atoms with Gasteiger partial charge in [0, 0.05) is 19.2 Å². The molecule has 7 heteroatoms. The number of hydrogen-bond acceptors (Lipinski definition) is 5. The number of nitro groups is 1. The van der Waals surface area contributed by atoms with Crippen LogP contribution in [0.15, 0.2) is 29.4 Å². The number of nitro benzene ring substituents is 1. The molecule has 0 heterocycles. The number of amides is 1. The zero-order chi connectivity index (χ0) is 12.0. The molecule has 1 aromatic carbocycles. The number of carbonyl (C=O) groups is 1. The first-order valence-corrected chi connectivity index (χ1v) is 4.30. The van der Waals surface area contributed by atoms with Crippen molar-refractivity contribution in [1.29, 1.82) is 0 Å². The van der Waals surface area contributed by atoms with Crippen LogP contribution in [0.25, 0.3) is 0 Å². The van der Waals surface area contributed by atoms with Gasteiger partial charge in [-0.2, -0.15) is 0 Å². The van der Waals surface area contributed by atoms with E-state index in [1.807, 2.05) is 0 Å². The third kappa shape index (κ3) is 3.37. The van der Waals surface area contributed by atoms with Crippen molar-refractivity contribution in [3.8, 4) is 0 Å². The number of oxime groups is 1. The van der Waals surface area contributed by atoms with Crippen molar-refractivity contribution in [1.82, 2.24) is 5.32 Å². The van der Waals surface area contributed by atoms with E-state index in [4.69, 9.17) is 0 Å². The van der Waals surface area contributed by atoms with Crippen LogP contribution in [0.2, 0.25) is 0 Å². The number of carbonyl (C=O) groups excluding carboxylic acids is 1. The third-order valence-corrected chi connectivity index (χ3v) is 1.65. The summed E-state index contributed by atoms with van der Waals surface area (Å²) in [6, 6.07) is 5.66. The fourth-order valence-electron chi connectivity index (χ4n) is 0.863. The van der Waals surface area contributed by atoms with Crippen LogP contribution in [0, 0.1) is 10.1 Å². The van der Waals surface area contributed by atoms with Crippen molar-refractivity contribution in [2.24, 2.45) is 5.16 Å². The minimum Gasteiger partial charge on any atom is -0.323 e. The van der Waals surface area contributed by atoms with E-state index in [0.29, 0.717) is 5.56 Å². The van der Waals surface area contributed by atoms with Crippen molar-refractivity contribution in [3.05, 3.63) is 39.9 Å². The summed E-state index contributed by atoms with van der Waals surface area (Å²) in [5.74, 6) is 0. The summed E-state index contributed by atoms with van der Waals surface area (Å²) >= 11 is 0. The first-order chi connectivity index (χ1) is 7.63. The van der Waals surface area contributed by atoms with Crippen LogP contribution in [0.4, 0.5) is 10.5 Å². The lowest BCUT2D eigenvalue weighted by atomic mass is 10.2. The summed E-state index contributed by atoms with van der Waals surface area (Å²) in [5.41, 5.74) is 0.582. The minimum absolute atomic E-state index is 0.00984. The van der Waals surface area contributed by atoms with Gasteiger partial charge < -0.3 is 5.32 Å². The molecule has 0 radical (unpaired) electrons. The van der Waals surface area contributed by atoms with Gasteiger partial charge in [-0.3, -0.25) is 15.0 Å². The highest BCUT2D eigenvalue weighted by Gasteiger charge is 2.02. The maximum atomic E-state index is 10.6. The van der Waals surface area contributed by atoms with Crippen LogP contribution in [-0.4, -0.2) is 24.3 Å². The van der Waals surface area contributed by atoms with Gasteiger partial charge in [0.2, 0.25) is 0 Å². The summed E-state index contributed by atoms with van der Waals surface area (Å²) in [6.45, 7) is 0. The Balaban J connectivity index is 2.61. The average Bonchev–Trinajstić information content (AvgIpc) is 2.29. The van der Waals surface area contributed by atoms with Gasteiger partial charge in [0.15, 0.2) is 0 Å². The fraction of sp³-hybridized carbons (Fsp3) is 0.111. The fourth-order valence-corrected chi connectivity index (χ4v) is 0.863. The minimum atomic E-state index is -0.682. The van der Waals surface area contributed by atoms with E-state index in [-0.39, 0.29) is 5.69 Å². The van der Waals surface area contributed by atoms with E-state index < -0.39 is 11.0 Å². The zero-order valence-corrected chi connectivity index (χ0v) is 8.41. The SMILES string of the molecule is CNC(=O)O/N=C\c1ccc([N+](=O)[O-])cc1. The van der Waals surface area contributed by atoms with Gasteiger partial charge in [-0.1, -0.05) is 5.16 Å². The van der Waals surface area contributed by atoms with Crippen molar-refractivity contribution in [2.45, 2.75) is 0 Å². The molecular weight excluding hydrogens is 214 g/mol. The number of benzene rings is 1. The van der Waals surface area contributed by atoms with Crippen molar-refractivity contribution < 1.29 is 14.6 Å². The van der Waals surface area contributed by atoms with Gasteiger partial charge in [-0.05, 0) is 17.7 Å². The Morgan fingerprint density at radius 3 is 2.62 bits per heavy atom. The van der Waals surface area contributed by atoms with Crippen LogP contribution < -0.4 is 5.32 Å². The Labute approximate surface area is 90.9 Å². The Morgan fingerprint density at radius 2 is 2.12 bits per heavy atom. The van der Waals surface area contributed by atoms with E-state index >= 15 is 0 Å². The molecule has 84 valence electrons. The number of rotatable bonds is 3. The maximum Gasteiger partial charge on any atom is 0.433 e. The highest BCUT2D eigenvalue weighted by molar-refractivity contribution is 5.80. The molecule has 1 N–H and O–H groups in total. The first-order valence-electron chi connectivity index (χ1n) is 4.30. The molecular formula is C9H9N3O4. The second-order valence-corrected chi connectivity index (χ2v) is 2.71. The number of nitrogens with zero attached hydrogens (tertiary/aromatic N) is 2. The molecule has 0 aromatic heterocycles. The van der Waals surface area contributed by atoms with Crippen molar-refractivity contribution in [3.63, 3.8) is 0 Å². The van der Waals surface area contributed by atoms with Crippen molar-refractivity contribution in [2.75, 3.05) is 7.05 Å². The molecule has 0 aliphatic heterocycles. The highest BCUT2D eigenvalue weighted by Crippen LogP contribution is 2.10. The predicted molar refractivity (Wildman–Crippen MR) is 56.2 cm³/mol. The molecule has 1 rings (SSSR count). The molecule has 0 spiro atoms. The second-order valence-electron chi connectivity index (χ2n) is 2.71. The van der Waals surface area contributed by atoms with E-state index in [1.54, 1.807) is 0 Å². The molecule has 0 saturated heterocycles. The van der Waals surface area contributed by atoms with E-state index in [0.717, 1.165) is 0 Å². The largest absolute Gasteiger partial charge is 0.433 e. The second kappa shape index (κ2) is 5.44. The zero-order valence-electron chi connectivity index (χ0n) is 8.41. The van der Waals surface area contributed by atoms with Crippen LogP contribution in [0.3, 0.4) is 0 Å². The molecule has 0 unspecified atom stereocenters. The summed E-state index contributed by atoms with van der Waals surface area (Å²) in [4.78, 5) is 24.8. The topological polar surface area (TPSA) is 93.8 Å². The van der Waals surface area contributed by atoms with E-state index in [2.05, 4.69) is 15.3 Å². The normalized spacial score (nSPS) is 10.1. The lowest BCUT2D eigenvalue weighted by molar-refractivity contribution is -0.384. The Bertz CT molecular complexity index is 413. The monoisotopic (exact) mass is 223 g/mol. The van der Waals surface area contributed by atoms with Gasteiger partial charge in [-0.25, -0.2) is 4.79 Å². The summed E-state index contributed by atoms with van der Waals surface area (Å²) in [6.07, 6.45) is 0.594. The average molecular weight is 223 g/mol. The molecule has 16 heavy (non-hydrogen) atoms. The van der Waals surface area contributed by atoms with Crippen LogP contribution >= 0.6 is 0 Å². The third-order valence-electron chi connectivity index (χ3n) is 1.65. The molecule has 0 bridgehead atoms. The highest BCUT2D eigenvalue weighted by atomic mass is 16.7. The predicted octanol–water partition coefficient (Wildman–Crippen LogP) is 1.28. The molecule has 0 saturated carbocycles. The standard InChI is InChI=1S/C9H9N3O4/c1-10-9(13)16-11-6-7-2-4-8(5-3-7)12(14)15/h2-6H,1H3,(H,10,13)/b11-6-. The van der Waals surface area contributed by atoms with Gasteiger partial charge in [0.1, 0.15) is 0 Å². The molecule has 1 amide bonds. The van der Waals surface area contributed by atoms with Crippen molar-refractivity contribution >= 4 is 18.0 Å².